The number of carbonyl (C=O) groups excluding carboxylic acids is 1. The zero-order valence-corrected chi connectivity index (χ0v) is 12.7. The van der Waals surface area contributed by atoms with Gasteiger partial charge in [-0.15, -0.1) is 0 Å². The van der Waals surface area contributed by atoms with E-state index in [0.717, 1.165) is 11.1 Å². The molecule has 2 aromatic rings. The van der Waals surface area contributed by atoms with E-state index in [2.05, 4.69) is 26.8 Å². The normalized spacial score (nSPS) is 10.8. The summed E-state index contributed by atoms with van der Waals surface area (Å²) >= 11 is 0. The van der Waals surface area contributed by atoms with Crippen LogP contribution in [0.5, 0.6) is 0 Å². The Morgan fingerprint density at radius 1 is 1.00 bits per heavy atom. The van der Waals surface area contributed by atoms with E-state index in [1.165, 1.54) is 22.8 Å². The predicted molar refractivity (Wildman–Crippen MR) is 85.9 cm³/mol. The van der Waals surface area contributed by atoms with Crippen LogP contribution in [0.3, 0.4) is 0 Å². The van der Waals surface area contributed by atoms with E-state index in [9.17, 15) is 4.79 Å². The van der Waals surface area contributed by atoms with E-state index >= 15 is 0 Å². The number of carbonyl (C=O) groups is 1. The standard InChI is InChI=1S/C19H20O2/c1-14-9-11-18(16(3)15(14)2)13-21-19(20)12-10-17-7-5-4-6-8-17/h4-12H,13H2,1-3H3/b12-10+. The fraction of sp³-hybridized carbons (Fsp3) is 0.211. The number of esters is 1. The van der Waals surface area contributed by atoms with E-state index in [4.69, 9.17) is 4.74 Å². The molecule has 21 heavy (non-hydrogen) atoms. The molecule has 0 atom stereocenters. The summed E-state index contributed by atoms with van der Waals surface area (Å²) in [5, 5.41) is 0. The highest BCUT2D eigenvalue weighted by Gasteiger charge is 2.05. The van der Waals surface area contributed by atoms with Crippen molar-refractivity contribution in [1.82, 2.24) is 0 Å². The highest BCUT2D eigenvalue weighted by atomic mass is 16.5. The van der Waals surface area contributed by atoms with Crippen LogP contribution in [-0.4, -0.2) is 5.97 Å². The summed E-state index contributed by atoms with van der Waals surface area (Å²) < 4.78 is 5.30. The first-order valence-corrected chi connectivity index (χ1v) is 7.03. The molecule has 0 aliphatic carbocycles. The third-order valence-electron chi connectivity index (χ3n) is 3.75. The lowest BCUT2D eigenvalue weighted by Crippen LogP contribution is -2.03. The second kappa shape index (κ2) is 6.89. The van der Waals surface area contributed by atoms with Gasteiger partial charge in [-0.05, 0) is 54.7 Å². The van der Waals surface area contributed by atoms with Crippen molar-refractivity contribution in [1.29, 1.82) is 0 Å². The molecule has 0 aliphatic heterocycles. The summed E-state index contributed by atoms with van der Waals surface area (Å²) in [4.78, 5) is 11.7. The van der Waals surface area contributed by atoms with Gasteiger partial charge in [0.25, 0.3) is 0 Å². The van der Waals surface area contributed by atoms with E-state index < -0.39 is 0 Å². The van der Waals surface area contributed by atoms with Gasteiger partial charge in [0, 0.05) is 6.08 Å². The second-order valence-corrected chi connectivity index (χ2v) is 5.14. The van der Waals surface area contributed by atoms with Crippen LogP contribution >= 0.6 is 0 Å². The van der Waals surface area contributed by atoms with Crippen LogP contribution < -0.4 is 0 Å². The Kier molecular flexibility index (Phi) is 4.94. The molecule has 2 aromatic carbocycles. The highest BCUT2D eigenvalue weighted by molar-refractivity contribution is 5.87. The third-order valence-corrected chi connectivity index (χ3v) is 3.75. The molecule has 0 radical (unpaired) electrons. The van der Waals surface area contributed by atoms with Crippen LogP contribution in [0.2, 0.25) is 0 Å². The van der Waals surface area contributed by atoms with Gasteiger partial charge in [-0.2, -0.15) is 0 Å². The minimum absolute atomic E-state index is 0.310. The molecule has 0 unspecified atom stereocenters. The first kappa shape index (κ1) is 15.0. The molecule has 0 saturated carbocycles. The molecule has 0 aromatic heterocycles. The van der Waals surface area contributed by atoms with Crippen LogP contribution in [0, 0.1) is 20.8 Å². The lowest BCUT2D eigenvalue weighted by Gasteiger charge is -2.11. The van der Waals surface area contributed by atoms with Crippen molar-refractivity contribution in [2.75, 3.05) is 0 Å². The summed E-state index contributed by atoms with van der Waals surface area (Å²) in [5.74, 6) is -0.323. The van der Waals surface area contributed by atoms with Crippen LogP contribution in [0.15, 0.2) is 48.5 Å². The van der Waals surface area contributed by atoms with Gasteiger partial charge in [0.2, 0.25) is 0 Å². The maximum atomic E-state index is 11.7. The maximum Gasteiger partial charge on any atom is 0.331 e. The largest absolute Gasteiger partial charge is 0.458 e. The number of hydrogen-bond donors (Lipinski definition) is 0. The molecule has 0 amide bonds. The molecule has 2 rings (SSSR count). The first-order chi connectivity index (χ1) is 10.1. The number of ether oxygens (including phenoxy) is 1. The van der Waals surface area contributed by atoms with E-state index in [1.54, 1.807) is 6.08 Å². The number of aryl methyl sites for hydroxylation is 1. The fourth-order valence-corrected chi connectivity index (χ4v) is 2.09. The van der Waals surface area contributed by atoms with Gasteiger partial charge in [0.15, 0.2) is 0 Å². The molecule has 0 saturated heterocycles. The van der Waals surface area contributed by atoms with Gasteiger partial charge in [0.1, 0.15) is 6.61 Å². The van der Waals surface area contributed by atoms with E-state index in [1.807, 2.05) is 36.4 Å². The van der Waals surface area contributed by atoms with E-state index in [0.29, 0.717) is 6.61 Å². The minimum atomic E-state index is -0.323. The average molecular weight is 280 g/mol. The molecule has 2 nitrogen and oxygen atoms in total. The molecule has 108 valence electrons. The Bertz CT molecular complexity index is 655. The maximum absolute atomic E-state index is 11.7. The van der Waals surface area contributed by atoms with Gasteiger partial charge < -0.3 is 4.74 Å². The molecule has 0 bridgehead atoms. The van der Waals surface area contributed by atoms with Crippen molar-refractivity contribution in [2.24, 2.45) is 0 Å². The summed E-state index contributed by atoms with van der Waals surface area (Å²) in [6.45, 7) is 6.54. The van der Waals surface area contributed by atoms with Gasteiger partial charge in [0.05, 0.1) is 0 Å². The Hall–Kier alpha value is -2.35. The third kappa shape index (κ3) is 4.06. The SMILES string of the molecule is Cc1ccc(COC(=O)/C=C/c2ccccc2)c(C)c1C. The monoisotopic (exact) mass is 280 g/mol. The molecule has 0 spiro atoms. The summed E-state index contributed by atoms with van der Waals surface area (Å²) in [6.07, 6.45) is 3.22. The molecule has 0 N–H and O–H groups in total. The lowest BCUT2D eigenvalue weighted by atomic mass is 9.99. The fourth-order valence-electron chi connectivity index (χ4n) is 2.09. The van der Waals surface area contributed by atoms with Crippen molar-refractivity contribution in [3.05, 3.63) is 76.4 Å². The van der Waals surface area contributed by atoms with Crippen LogP contribution in [0.4, 0.5) is 0 Å². The predicted octanol–water partition coefficient (Wildman–Crippen LogP) is 4.37. The van der Waals surface area contributed by atoms with Gasteiger partial charge in [-0.1, -0.05) is 42.5 Å². The minimum Gasteiger partial charge on any atom is -0.458 e. The molecule has 0 aliphatic rings. The van der Waals surface area contributed by atoms with Crippen molar-refractivity contribution in [2.45, 2.75) is 27.4 Å². The molecule has 0 fully saturated rings. The first-order valence-electron chi connectivity index (χ1n) is 7.03. The van der Waals surface area contributed by atoms with Gasteiger partial charge in [-0.3, -0.25) is 0 Å². The molecule has 2 heteroatoms. The quantitative estimate of drug-likeness (QED) is 0.614. The molecule has 0 heterocycles. The van der Waals surface area contributed by atoms with E-state index in [-0.39, 0.29) is 5.97 Å². The van der Waals surface area contributed by atoms with Crippen LogP contribution in [0.1, 0.15) is 27.8 Å². The van der Waals surface area contributed by atoms with Gasteiger partial charge in [-0.25, -0.2) is 4.79 Å². The molecular weight excluding hydrogens is 260 g/mol. The smallest absolute Gasteiger partial charge is 0.331 e. The van der Waals surface area contributed by atoms with Gasteiger partial charge >= 0.3 is 5.97 Å². The van der Waals surface area contributed by atoms with Crippen molar-refractivity contribution >= 4 is 12.0 Å². The van der Waals surface area contributed by atoms with Crippen molar-refractivity contribution in [3.8, 4) is 0 Å². The summed E-state index contributed by atoms with van der Waals surface area (Å²) in [7, 11) is 0. The van der Waals surface area contributed by atoms with Crippen LogP contribution in [-0.2, 0) is 16.1 Å². The summed E-state index contributed by atoms with van der Waals surface area (Å²) in [5.41, 5.74) is 5.74. The zero-order valence-electron chi connectivity index (χ0n) is 12.7. The highest BCUT2D eigenvalue weighted by Crippen LogP contribution is 2.17. The lowest BCUT2D eigenvalue weighted by molar-refractivity contribution is -0.138. The Balaban J connectivity index is 1.96. The number of hydrogen-bond acceptors (Lipinski definition) is 2. The summed E-state index contributed by atoms with van der Waals surface area (Å²) in [6, 6.07) is 13.8. The Labute approximate surface area is 126 Å². The van der Waals surface area contributed by atoms with Crippen molar-refractivity contribution in [3.63, 3.8) is 0 Å². The Morgan fingerprint density at radius 2 is 1.71 bits per heavy atom. The number of benzene rings is 2. The number of rotatable bonds is 4. The second-order valence-electron chi connectivity index (χ2n) is 5.14. The topological polar surface area (TPSA) is 26.3 Å². The van der Waals surface area contributed by atoms with Crippen molar-refractivity contribution < 1.29 is 9.53 Å². The molecular formula is C19H20O2. The average Bonchev–Trinajstić information content (AvgIpc) is 2.51. The zero-order chi connectivity index (χ0) is 15.2. The Morgan fingerprint density at radius 3 is 2.43 bits per heavy atom. The van der Waals surface area contributed by atoms with Crippen LogP contribution in [0.25, 0.3) is 6.08 Å².